The van der Waals surface area contributed by atoms with Crippen molar-refractivity contribution in [3.8, 4) is 16.9 Å². The van der Waals surface area contributed by atoms with Gasteiger partial charge < -0.3 is 29.9 Å². The van der Waals surface area contributed by atoms with Gasteiger partial charge in [-0.25, -0.2) is 9.18 Å². The molecule has 0 bridgehead atoms. The Morgan fingerprint density at radius 2 is 1.54 bits per heavy atom. The molecule has 3 rings (SSSR count). The zero-order valence-corrected chi connectivity index (χ0v) is 27.9. The molecule has 0 radical (unpaired) electrons. The van der Waals surface area contributed by atoms with Gasteiger partial charge in [0.1, 0.15) is 24.8 Å². The number of aryl methyl sites for hydroxylation is 2. The van der Waals surface area contributed by atoms with E-state index in [4.69, 9.17) is 9.47 Å². The van der Waals surface area contributed by atoms with Crippen molar-refractivity contribution in [3.63, 3.8) is 0 Å². The van der Waals surface area contributed by atoms with Crippen LogP contribution in [0.25, 0.3) is 11.1 Å². The predicted molar refractivity (Wildman–Crippen MR) is 179 cm³/mol. The van der Waals surface area contributed by atoms with Crippen LogP contribution < -0.4 is 4.74 Å². The van der Waals surface area contributed by atoms with Gasteiger partial charge in [0.2, 0.25) is 0 Å². The molecule has 0 aliphatic heterocycles. The quantitative estimate of drug-likeness (QED) is 0.0725. The third kappa shape index (κ3) is 10.6. The van der Waals surface area contributed by atoms with E-state index in [0.717, 1.165) is 35.4 Å². The molecule has 1 saturated carbocycles. The highest BCUT2D eigenvalue weighted by Gasteiger charge is 2.33. The number of benzene rings is 2. The van der Waals surface area contributed by atoms with Crippen molar-refractivity contribution in [2.45, 2.75) is 96.8 Å². The van der Waals surface area contributed by atoms with Crippen LogP contribution >= 0.6 is 0 Å². The second-order valence-electron chi connectivity index (χ2n) is 13.2. The van der Waals surface area contributed by atoms with E-state index in [1.165, 1.54) is 45.4 Å². The van der Waals surface area contributed by atoms with E-state index in [-0.39, 0.29) is 37.8 Å². The van der Waals surface area contributed by atoms with Crippen molar-refractivity contribution >= 4 is 5.97 Å². The number of rotatable bonds is 20. The number of aliphatic hydroxyl groups is 4. The molecule has 0 aromatic heterocycles. The topological polar surface area (TPSA) is 116 Å². The molecular weight excluding hydrogens is 587 g/mol. The van der Waals surface area contributed by atoms with Crippen LogP contribution in [-0.4, -0.2) is 66.0 Å². The number of unbranched alkanes of at least 4 members (excludes halogenated alkanes) is 2. The highest BCUT2D eigenvalue weighted by atomic mass is 19.1. The summed E-state index contributed by atoms with van der Waals surface area (Å²) < 4.78 is 27.4. The molecule has 1 aliphatic carbocycles. The summed E-state index contributed by atoms with van der Waals surface area (Å²) in [5.41, 5.74) is 2.62. The van der Waals surface area contributed by atoms with Gasteiger partial charge >= 0.3 is 5.97 Å². The summed E-state index contributed by atoms with van der Waals surface area (Å²) >= 11 is 0. The standard InChI is InChI=1S/C38H55FO7/c1-4-5-6-9-28-12-14-29(15-13-28)30-16-17-34(35(39)22-30)33-20-31(10-7-18-40)36(32(21-33)11-8-19-41)45-25-38(23-42,24-43)26-46-37(44)27(2)3/h16-17,20-22,28-29,40-43H,2,4-15,18-19,23-26H2,1,3H3. The SMILES string of the molecule is C=C(C)C(=O)OCC(CO)(CO)COc1c(CCCO)cc(-c2ccc(C3CCC(CCCCC)CC3)cc2F)cc1CCCO. The fourth-order valence-electron chi connectivity index (χ4n) is 6.33. The van der Waals surface area contributed by atoms with E-state index in [9.17, 15) is 25.2 Å². The minimum absolute atomic E-state index is 0.0480. The van der Waals surface area contributed by atoms with E-state index in [1.54, 1.807) is 6.07 Å². The van der Waals surface area contributed by atoms with Crippen molar-refractivity contribution in [2.24, 2.45) is 11.3 Å². The van der Waals surface area contributed by atoms with E-state index >= 15 is 4.39 Å². The minimum atomic E-state index is -1.27. The second-order valence-corrected chi connectivity index (χ2v) is 13.2. The number of ether oxygens (including phenoxy) is 2. The Balaban J connectivity index is 1.88. The van der Waals surface area contributed by atoms with Crippen LogP contribution in [0.4, 0.5) is 4.39 Å². The lowest BCUT2D eigenvalue weighted by atomic mass is 9.77. The number of hydrogen-bond donors (Lipinski definition) is 4. The molecule has 7 nitrogen and oxygen atoms in total. The van der Waals surface area contributed by atoms with Crippen LogP contribution in [0.2, 0.25) is 0 Å². The number of carbonyl (C=O) groups excluding carboxylic acids is 1. The van der Waals surface area contributed by atoms with Crippen LogP contribution in [0.5, 0.6) is 5.75 Å². The number of aliphatic hydroxyl groups excluding tert-OH is 4. The summed E-state index contributed by atoms with van der Waals surface area (Å²) in [6, 6.07) is 9.33. The number of carbonyl (C=O) groups is 1. The lowest BCUT2D eigenvalue weighted by molar-refractivity contribution is -0.146. The molecule has 0 atom stereocenters. The molecule has 0 saturated heterocycles. The Labute approximate surface area is 274 Å². The molecule has 1 fully saturated rings. The lowest BCUT2D eigenvalue weighted by Gasteiger charge is -2.30. The molecule has 2 aromatic rings. The van der Waals surface area contributed by atoms with Crippen molar-refractivity contribution in [3.05, 3.63) is 65.0 Å². The molecular formula is C38H55FO7. The Morgan fingerprint density at radius 3 is 2.07 bits per heavy atom. The Morgan fingerprint density at radius 1 is 0.913 bits per heavy atom. The van der Waals surface area contributed by atoms with Crippen LogP contribution in [0.15, 0.2) is 42.5 Å². The average molecular weight is 643 g/mol. The first-order chi connectivity index (χ1) is 22.2. The molecule has 256 valence electrons. The van der Waals surface area contributed by atoms with Crippen LogP contribution in [-0.2, 0) is 22.4 Å². The van der Waals surface area contributed by atoms with Gasteiger partial charge in [-0.15, -0.1) is 0 Å². The average Bonchev–Trinajstić information content (AvgIpc) is 3.07. The van der Waals surface area contributed by atoms with E-state index in [1.807, 2.05) is 18.2 Å². The van der Waals surface area contributed by atoms with E-state index in [0.29, 0.717) is 48.5 Å². The Kier molecular flexibility index (Phi) is 15.7. The monoisotopic (exact) mass is 642 g/mol. The fraction of sp³-hybridized carbons (Fsp3) is 0.605. The molecule has 46 heavy (non-hydrogen) atoms. The lowest BCUT2D eigenvalue weighted by Crippen LogP contribution is -2.41. The normalized spacial score (nSPS) is 16.8. The van der Waals surface area contributed by atoms with E-state index < -0.39 is 24.6 Å². The van der Waals surface area contributed by atoms with Gasteiger partial charge in [0.05, 0.1) is 18.6 Å². The first kappa shape index (κ1) is 37.7. The summed E-state index contributed by atoms with van der Waals surface area (Å²) in [5.74, 6) is 0.738. The van der Waals surface area contributed by atoms with Gasteiger partial charge in [-0.3, -0.25) is 0 Å². The van der Waals surface area contributed by atoms with Crippen LogP contribution in [0, 0.1) is 17.2 Å². The zero-order valence-electron chi connectivity index (χ0n) is 27.9. The highest BCUT2D eigenvalue weighted by Crippen LogP contribution is 2.40. The highest BCUT2D eigenvalue weighted by molar-refractivity contribution is 5.86. The van der Waals surface area contributed by atoms with Gasteiger partial charge in [-0.1, -0.05) is 51.3 Å². The molecule has 4 N–H and O–H groups in total. The molecule has 0 spiro atoms. The van der Waals surface area contributed by atoms with Gasteiger partial charge in [0.25, 0.3) is 0 Å². The summed E-state index contributed by atoms with van der Waals surface area (Å²) in [4.78, 5) is 12.0. The fourth-order valence-corrected chi connectivity index (χ4v) is 6.33. The summed E-state index contributed by atoms with van der Waals surface area (Å²) in [5, 5.41) is 39.6. The number of hydrogen-bond acceptors (Lipinski definition) is 7. The molecule has 8 heteroatoms. The summed E-state index contributed by atoms with van der Waals surface area (Å²) in [7, 11) is 0. The largest absolute Gasteiger partial charge is 0.492 e. The van der Waals surface area contributed by atoms with Crippen molar-refractivity contribution < 1.29 is 39.1 Å². The van der Waals surface area contributed by atoms with Crippen LogP contribution in [0.1, 0.15) is 101 Å². The molecule has 0 unspecified atom stereocenters. The molecule has 0 heterocycles. The Hall–Kier alpha value is -2.78. The van der Waals surface area contributed by atoms with Gasteiger partial charge in [0.15, 0.2) is 0 Å². The van der Waals surface area contributed by atoms with Crippen molar-refractivity contribution in [1.29, 1.82) is 0 Å². The minimum Gasteiger partial charge on any atom is -0.492 e. The third-order valence-corrected chi connectivity index (χ3v) is 9.34. The maximum Gasteiger partial charge on any atom is 0.333 e. The molecule has 0 amide bonds. The third-order valence-electron chi connectivity index (χ3n) is 9.34. The molecule has 1 aliphatic rings. The maximum absolute atomic E-state index is 15.8. The number of esters is 1. The van der Waals surface area contributed by atoms with Crippen molar-refractivity contribution in [2.75, 3.05) is 39.6 Å². The first-order valence-electron chi connectivity index (χ1n) is 17.0. The van der Waals surface area contributed by atoms with Gasteiger partial charge in [-0.05, 0) is 111 Å². The second kappa shape index (κ2) is 19.1. The first-order valence-corrected chi connectivity index (χ1v) is 17.0. The van der Waals surface area contributed by atoms with E-state index in [2.05, 4.69) is 19.6 Å². The summed E-state index contributed by atoms with van der Waals surface area (Å²) in [6.45, 7) is 5.78. The number of halogens is 1. The van der Waals surface area contributed by atoms with Gasteiger partial charge in [0, 0.05) is 24.4 Å². The molecule has 2 aromatic carbocycles. The smallest absolute Gasteiger partial charge is 0.333 e. The van der Waals surface area contributed by atoms with Crippen LogP contribution in [0.3, 0.4) is 0 Å². The van der Waals surface area contributed by atoms with Crippen molar-refractivity contribution in [1.82, 2.24) is 0 Å². The zero-order chi connectivity index (χ0) is 33.5. The maximum atomic E-state index is 15.8. The summed E-state index contributed by atoms with van der Waals surface area (Å²) in [6.07, 6.45) is 11.5. The van der Waals surface area contributed by atoms with Gasteiger partial charge in [-0.2, -0.15) is 0 Å². The predicted octanol–water partition coefficient (Wildman–Crippen LogP) is 6.67. The Bertz CT molecular complexity index is 1220.